The second-order valence-corrected chi connectivity index (χ2v) is 4.71. The number of rotatable bonds is 3. The molecule has 0 aliphatic carbocycles. The SMILES string of the molecule is O=C(O)Cc1cc(-c2cc(Cl)ccc2Cl)cnc1F. The van der Waals surface area contributed by atoms with E-state index in [2.05, 4.69) is 4.98 Å². The van der Waals surface area contributed by atoms with Crippen LogP contribution in [0, 0.1) is 5.95 Å². The molecule has 0 atom stereocenters. The van der Waals surface area contributed by atoms with Crippen LogP contribution in [0.4, 0.5) is 4.39 Å². The molecule has 1 aromatic carbocycles. The molecule has 1 aromatic heterocycles. The van der Waals surface area contributed by atoms with Crippen molar-refractivity contribution in [1.29, 1.82) is 0 Å². The minimum absolute atomic E-state index is 0.000965. The number of aliphatic carboxylic acids is 1. The third kappa shape index (κ3) is 3.22. The van der Waals surface area contributed by atoms with E-state index in [0.29, 0.717) is 21.2 Å². The van der Waals surface area contributed by atoms with Crippen LogP contribution in [0.5, 0.6) is 0 Å². The Hall–Kier alpha value is -1.65. The number of pyridine rings is 1. The minimum Gasteiger partial charge on any atom is -0.481 e. The highest BCUT2D eigenvalue weighted by Gasteiger charge is 2.12. The molecule has 2 rings (SSSR count). The van der Waals surface area contributed by atoms with E-state index >= 15 is 0 Å². The summed E-state index contributed by atoms with van der Waals surface area (Å²) in [5, 5.41) is 9.62. The average Bonchev–Trinajstić information content (AvgIpc) is 2.34. The van der Waals surface area contributed by atoms with Gasteiger partial charge in [0.2, 0.25) is 5.95 Å². The van der Waals surface area contributed by atoms with Gasteiger partial charge in [-0.05, 0) is 24.3 Å². The van der Waals surface area contributed by atoms with E-state index in [0.717, 1.165) is 0 Å². The van der Waals surface area contributed by atoms with Gasteiger partial charge in [-0.25, -0.2) is 4.98 Å². The lowest BCUT2D eigenvalue weighted by molar-refractivity contribution is -0.136. The fraction of sp³-hybridized carbons (Fsp3) is 0.0769. The number of carboxylic acids is 1. The molecule has 0 fully saturated rings. The molecule has 0 aliphatic heterocycles. The van der Waals surface area contributed by atoms with Gasteiger partial charge in [0.15, 0.2) is 0 Å². The number of hydrogen-bond acceptors (Lipinski definition) is 2. The highest BCUT2D eigenvalue weighted by Crippen LogP contribution is 2.31. The molecule has 0 bridgehead atoms. The second-order valence-electron chi connectivity index (χ2n) is 3.87. The lowest BCUT2D eigenvalue weighted by Crippen LogP contribution is -2.04. The molecule has 0 radical (unpaired) electrons. The topological polar surface area (TPSA) is 50.2 Å². The monoisotopic (exact) mass is 299 g/mol. The first kappa shape index (κ1) is 13.8. The van der Waals surface area contributed by atoms with Crippen LogP contribution >= 0.6 is 23.2 Å². The number of carboxylic acid groups (broad SMARTS) is 1. The van der Waals surface area contributed by atoms with Crippen molar-refractivity contribution in [3.63, 3.8) is 0 Å². The molecular formula is C13H8Cl2FNO2. The zero-order valence-corrected chi connectivity index (χ0v) is 11.0. The van der Waals surface area contributed by atoms with E-state index in [1.807, 2.05) is 0 Å². The molecule has 1 N–H and O–H groups in total. The Morgan fingerprint density at radius 2 is 2.05 bits per heavy atom. The zero-order chi connectivity index (χ0) is 14.0. The maximum atomic E-state index is 13.4. The van der Waals surface area contributed by atoms with Crippen LogP contribution in [0.15, 0.2) is 30.5 Å². The van der Waals surface area contributed by atoms with Crippen molar-refractivity contribution in [1.82, 2.24) is 4.98 Å². The van der Waals surface area contributed by atoms with E-state index in [4.69, 9.17) is 28.3 Å². The van der Waals surface area contributed by atoms with Crippen LogP contribution in [0.25, 0.3) is 11.1 Å². The summed E-state index contributed by atoms with van der Waals surface area (Å²) in [6.07, 6.45) is 0.850. The summed E-state index contributed by atoms with van der Waals surface area (Å²) in [6.45, 7) is 0. The number of carbonyl (C=O) groups is 1. The predicted molar refractivity (Wildman–Crippen MR) is 71.0 cm³/mol. The Morgan fingerprint density at radius 3 is 2.74 bits per heavy atom. The van der Waals surface area contributed by atoms with E-state index in [1.54, 1.807) is 18.2 Å². The first-order valence-corrected chi connectivity index (χ1v) is 6.04. The van der Waals surface area contributed by atoms with Gasteiger partial charge in [0.25, 0.3) is 0 Å². The van der Waals surface area contributed by atoms with Gasteiger partial charge >= 0.3 is 5.97 Å². The van der Waals surface area contributed by atoms with Crippen molar-refractivity contribution in [3.8, 4) is 11.1 Å². The summed E-state index contributed by atoms with van der Waals surface area (Å²) >= 11 is 11.9. The lowest BCUT2D eigenvalue weighted by Gasteiger charge is -2.07. The smallest absolute Gasteiger partial charge is 0.307 e. The summed E-state index contributed by atoms with van der Waals surface area (Å²) in [7, 11) is 0. The number of nitrogens with zero attached hydrogens (tertiary/aromatic N) is 1. The molecule has 98 valence electrons. The van der Waals surface area contributed by atoms with E-state index < -0.39 is 18.3 Å². The Morgan fingerprint density at radius 1 is 1.32 bits per heavy atom. The van der Waals surface area contributed by atoms with Crippen molar-refractivity contribution in [2.24, 2.45) is 0 Å². The van der Waals surface area contributed by atoms with Crippen molar-refractivity contribution in [2.75, 3.05) is 0 Å². The number of aromatic nitrogens is 1. The molecular weight excluding hydrogens is 292 g/mol. The first-order chi connectivity index (χ1) is 8.97. The highest BCUT2D eigenvalue weighted by atomic mass is 35.5. The predicted octanol–water partition coefficient (Wildman–Crippen LogP) is 3.82. The maximum Gasteiger partial charge on any atom is 0.307 e. The fourth-order valence-corrected chi connectivity index (χ4v) is 2.05. The van der Waals surface area contributed by atoms with Crippen LogP contribution < -0.4 is 0 Å². The average molecular weight is 300 g/mol. The zero-order valence-electron chi connectivity index (χ0n) is 9.53. The Bertz CT molecular complexity index is 647. The standard InChI is InChI=1S/C13H8Cl2FNO2/c14-9-1-2-11(15)10(5-9)8-3-7(4-12(18)19)13(16)17-6-8/h1-3,5-6H,4H2,(H,18,19). The summed E-state index contributed by atoms with van der Waals surface area (Å²) in [4.78, 5) is 14.2. The molecule has 3 nitrogen and oxygen atoms in total. The van der Waals surface area contributed by atoms with Crippen molar-refractivity contribution < 1.29 is 14.3 Å². The van der Waals surface area contributed by atoms with Crippen LogP contribution in [0.1, 0.15) is 5.56 Å². The number of hydrogen-bond donors (Lipinski definition) is 1. The fourth-order valence-electron chi connectivity index (χ4n) is 1.65. The third-order valence-electron chi connectivity index (χ3n) is 2.49. The Kier molecular flexibility index (Phi) is 4.02. The number of benzene rings is 1. The largest absolute Gasteiger partial charge is 0.481 e. The van der Waals surface area contributed by atoms with Gasteiger partial charge in [-0.15, -0.1) is 0 Å². The van der Waals surface area contributed by atoms with Gasteiger partial charge in [0.05, 0.1) is 6.42 Å². The summed E-state index contributed by atoms with van der Waals surface area (Å²) in [5.74, 6) is -1.93. The van der Waals surface area contributed by atoms with Crippen molar-refractivity contribution >= 4 is 29.2 Å². The molecule has 0 aliphatic rings. The Labute approximate surface area is 118 Å². The van der Waals surface area contributed by atoms with Gasteiger partial charge in [0, 0.05) is 32.9 Å². The molecule has 19 heavy (non-hydrogen) atoms. The normalized spacial score (nSPS) is 10.5. The van der Waals surface area contributed by atoms with Gasteiger partial charge in [0.1, 0.15) is 0 Å². The number of halogens is 3. The quantitative estimate of drug-likeness (QED) is 0.877. The highest BCUT2D eigenvalue weighted by molar-refractivity contribution is 6.35. The molecule has 2 aromatic rings. The van der Waals surface area contributed by atoms with Gasteiger partial charge in [-0.3, -0.25) is 4.79 Å². The Balaban J connectivity index is 2.51. The summed E-state index contributed by atoms with van der Waals surface area (Å²) in [6, 6.07) is 6.26. The first-order valence-electron chi connectivity index (χ1n) is 5.29. The van der Waals surface area contributed by atoms with Crippen LogP contribution in [0.2, 0.25) is 10.0 Å². The molecule has 1 heterocycles. The van der Waals surface area contributed by atoms with Crippen LogP contribution in [0.3, 0.4) is 0 Å². The van der Waals surface area contributed by atoms with E-state index in [9.17, 15) is 9.18 Å². The van der Waals surface area contributed by atoms with Gasteiger partial charge in [-0.2, -0.15) is 4.39 Å². The lowest BCUT2D eigenvalue weighted by atomic mass is 10.0. The molecule has 0 saturated carbocycles. The van der Waals surface area contributed by atoms with Gasteiger partial charge < -0.3 is 5.11 Å². The molecule has 0 unspecified atom stereocenters. The minimum atomic E-state index is -1.13. The van der Waals surface area contributed by atoms with Gasteiger partial charge in [-0.1, -0.05) is 23.2 Å². The summed E-state index contributed by atoms with van der Waals surface area (Å²) < 4.78 is 13.4. The molecule has 0 amide bonds. The van der Waals surface area contributed by atoms with Crippen LogP contribution in [-0.4, -0.2) is 16.1 Å². The van der Waals surface area contributed by atoms with E-state index in [-0.39, 0.29) is 5.56 Å². The summed E-state index contributed by atoms with van der Waals surface area (Å²) in [5.41, 5.74) is 1.10. The van der Waals surface area contributed by atoms with Crippen molar-refractivity contribution in [3.05, 3.63) is 52.0 Å². The second kappa shape index (κ2) is 5.55. The molecule has 0 saturated heterocycles. The van der Waals surface area contributed by atoms with E-state index in [1.165, 1.54) is 12.3 Å². The maximum absolute atomic E-state index is 13.4. The van der Waals surface area contributed by atoms with Crippen molar-refractivity contribution in [2.45, 2.75) is 6.42 Å². The third-order valence-corrected chi connectivity index (χ3v) is 3.06. The molecule has 6 heteroatoms. The molecule has 0 spiro atoms. The van der Waals surface area contributed by atoms with Crippen LogP contribution in [-0.2, 0) is 11.2 Å².